The number of likely N-dealkylation sites (tertiary alicyclic amines) is 1. The van der Waals surface area contributed by atoms with Crippen LogP contribution in [0, 0.1) is 5.92 Å². The first kappa shape index (κ1) is 10.3. The molecule has 82 valence electrons. The monoisotopic (exact) mass is 205 g/mol. The van der Waals surface area contributed by atoms with Crippen molar-refractivity contribution in [2.24, 2.45) is 5.92 Å². The van der Waals surface area contributed by atoms with Crippen LogP contribution >= 0.6 is 0 Å². The molecule has 0 spiro atoms. The number of aliphatic hydroxyl groups is 1. The Balaban J connectivity index is 1.81. The second kappa shape index (κ2) is 3.74. The summed E-state index contributed by atoms with van der Waals surface area (Å²) in [6, 6.07) is 0. The van der Waals surface area contributed by atoms with Gasteiger partial charge in [-0.3, -0.25) is 4.90 Å². The first-order valence-corrected chi connectivity index (χ1v) is 5.35. The van der Waals surface area contributed by atoms with Crippen molar-refractivity contribution >= 4 is 0 Å². The second-order valence-electron chi connectivity index (χ2n) is 4.60. The molecule has 0 aromatic heterocycles. The molecule has 1 saturated heterocycles. The fourth-order valence-electron chi connectivity index (χ4n) is 2.52. The zero-order valence-electron chi connectivity index (χ0n) is 8.25. The lowest BCUT2D eigenvalue weighted by Crippen LogP contribution is -2.33. The molecule has 1 aliphatic carbocycles. The molecule has 0 bridgehead atoms. The molecule has 0 radical (unpaired) electrons. The molecule has 0 amide bonds. The van der Waals surface area contributed by atoms with Crippen LogP contribution in [0.2, 0.25) is 0 Å². The van der Waals surface area contributed by atoms with E-state index in [0.29, 0.717) is 13.1 Å². The minimum Gasteiger partial charge on any atom is -0.393 e. The number of hydrogen-bond acceptors (Lipinski definition) is 2. The van der Waals surface area contributed by atoms with Crippen molar-refractivity contribution in [3.63, 3.8) is 0 Å². The van der Waals surface area contributed by atoms with E-state index in [4.69, 9.17) is 0 Å². The maximum atomic E-state index is 12.9. The van der Waals surface area contributed by atoms with E-state index in [-0.39, 0.29) is 25.0 Å². The Hall–Kier alpha value is -0.220. The Morgan fingerprint density at radius 3 is 2.64 bits per heavy atom. The number of halogens is 2. The quantitative estimate of drug-likeness (QED) is 0.738. The molecule has 2 rings (SSSR count). The van der Waals surface area contributed by atoms with Gasteiger partial charge in [0.15, 0.2) is 0 Å². The zero-order valence-corrected chi connectivity index (χ0v) is 8.25. The number of alkyl halides is 2. The summed E-state index contributed by atoms with van der Waals surface area (Å²) >= 11 is 0. The molecule has 4 heteroatoms. The summed E-state index contributed by atoms with van der Waals surface area (Å²) in [5.41, 5.74) is 0. The van der Waals surface area contributed by atoms with Crippen LogP contribution in [0.25, 0.3) is 0 Å². The van der Waals surface area contributed by atoms with E-state index in [1.54, 1.807) is 4.90 Å². The third-order valence-corrected chi connectivity index (χ3v) is 3.36. The lowest BCUT2D eigenvalue weighted by molar-refractivity contribution is 0.00824. The van der Waals surface area contributed by atoms with Crippen LogP contribution in [0.15, 0.2) is 0 Å². The Morgan fingerprint density at radius 1 is 1.36 bits per heavy atom. The van der Waals surface area contributed by atoms with Gasteiger partial charge in [-0.1, -0.05) is 6.42 Å². The predicted molar refractivity (Wildman–Crippen MR) is 49.4 cm³/mol. The maximum Gasteiger partial charge on any atom is 0.261 e. The van der Waals surface area contributed by atoms with E-state index < -0.39 is 5.92 Å². The summed E-state index contributed by atoms with van der Waals surface area (Å²) in [5, 5.41) is 9.57. The number of nitrogens with zero attached hydrogens (tertiary/aromatic N) is 1. The summed E-state index contributed by atoms with van der Waals surface area (Å²) in [4.78, 5) is 1.79. The van der Waals surface area contributed by atoms with Gasteiger partial charge in [0, 0.05) is 19.5 Å². The Bertz CT molecular complexity index is 210. The highest BCUT2D eigenvalue weighted by Crippen LogP contribution is 2.31. The van der Waals surface area contributed by atoms with E-state index >= 15 is 0 Å². The SMILES string of the molecule is OC1CCCC1CN1CCC(F)(F)C1. The van der Waals surface area contributed by atoms with Gasteiger partial charge in [0.2, 0.25) is 0 Å². The minimum absolute atomic E-state index is 0.0180. The van der Waals surface area contributed by atoms with Crippen LogP contribution < -0.4 is 0 Å². The first-order chi connectivity index (χ1) is 6.57. The highest BCUT2D eigenvalue weighted by Gasteiger charge is 2.39. The van der Waals surface area contributed by atoms with E-state index in [0.717, 1.165) is 19.3 Å². The van der Waals surface area contributed by atoms with Crippen molar-refractivity contribution in [1.82, 2.24) is 4.90 Å². The third-order valence-electron chi connectivity index (χ3n) is 3.36. The third kappa shape index (κ3) is 2.23. The van der Waals surface area contributed by atoms with Crippen LogP contribution in [0.5, 0.6) is 0 Å². The Kier molecular flexibility index (Phi) is 2.75. The molecule has 0 aromatic rings. The van der Waals surface area contributed by atoms with E-state index in [1.165, 1.54) is 0 Å². The average Bonchev–Trinajstić information content (AvgIpc) is 2.61. The second-order valence-corrected chi connectivity index (χ2v) is 4.60. The molecule has 2 unspecified atom stereocenters. The average molecular weight is 205 g/mol. The summed E-state index contributed by atoms with van der Waals surface area (Å²) in [7, 11) is 0. The minimum atomic E-state index is -2.50. The molecule has 2 aliphatic rings. The highest BCUT2D eigenvalue weighted by molar-refractivity contribution is 4.86. The molecule has 1 saturated carbocycles. The van der Waals surface area contributed by atoms with Gasteiger partial charge in [-0.2, -0.15) is 0 Å². The lowest BCUT2D eigenvalue weighted by atomic mass is 10.1. The van der Waals surface area contributed by atoms with Gasteiger partial charge >= 0.3 is 0 Å². The molecule has 14 heavy (non-hydrogen) atoms. The summed E-state index contributed by atoms with van der Waals surface area (Å²) in [6.45, 7) is 1.02. The van der Waals surface area contributed by atoms with Crippen molar-refractivity contribution in [2.45, 2.75) is 37.7 Å². The van der Waals surface area contributed by atoms with E-state index in [2.05, 4.69) is 0 Å². The van der Waals surface area contributed by atoms with Crippen molar-refractivity contribution in [2.75, 3.05) is 19.6 Å². The van der Waals surface area contributed by atoms with Crippen LogP contribution in [-0.2, 0) is 0 Å². The van der Waals surface area contributed by atoms with Crippen molar-refractivity contribution in [3.05, 3.63) is 0 Å². The summed E-state index contributed by atoms with van der Waals surface area (Å²) in [5.74, 6) is -2.27. The van der Waals surface area contributed by atoms with Gasteiger partial charge in [0.25, 0.3) is 5.92 Å². The van der Waals surface area contributed by atoms with E-state index in [9.17, 15) is 13.9 Å². The smallest absolute Gasteiger partial charge is 0.261 e. The van der Waals surface area contributed by atoms with Crippen LogP contribution in [-0.4, -0.2) is 41.7 Å². The molecule has 2 atom stereocenters. The Labute approximate surface area is 82.9 Å². The van der Waals surface area contributed by atoms with E-state index in [1.807, 2.05) is 0 Å². The van der Waals surface area contributed by atoms with Gasteiger partial charge in [-0.25, -0.2) is 8.78 Å². The maximum absolute atomic E-state index is 12.9. The largest absolute Gasteiger partial charge is 0.393 e. The molecular weight excluding hydrogens is 188 g/mol. The van der Waals surface area contributed by atoms with Gasteiger partial charge in [0.05, 0.1) is 12.6 Å². The van der Waals surface area contributed by atoms with Crippen LogP contribution in [0.3, 0.4) is 0 Å². The molecule has 1 N–H and O–H groups in total. The first-order valence-electron chi connectivity index (χ1n) is 5.35. The van der Waals surface area contributed by atoms with Gasteiger partial charge in [-0.05, 0) is 18.8 Å². The van der Waals surface area contributed by atoms with Crippen molar-refractivity contribution in [3.8, 4) is 0 Å². The number of aliphatic hydroxyl groups excluding tert-OH is 1. The molecule has 1 aliphatic heterocycles. The van der Waals surface area contributed by atoms with Crippen LogP contribution in [0.4, 0.5) is 8.78 Å². The Morgan fingerprint density at radius 2 is 2.14 bits per heavy atom. The molecule has 2 nitrogen and oxygen atoms in total. The number of rotatable bonds is 2. The fourth-order valence-corrected chi connectivity index (χ4v) is 2.52. The van der Waals surface area contributed by atoms with Crippen molar-refractivity contribution in [1.29, 1.82) is 0 Å². The molecular formula is C10H17F2NO. The highest BCUT2D eigenvalue weighted by atomic mass is 19.3. The fraction of sp³-hybridized carbons (Fsp3) is 1.00. The molecule has 1 heterocycles. The van der Waals surface area contributed by atoms with Gasteiger partial charge in [0.1, 0.15) is 0 Å². The normalized spacial score (nSPS) is 37.9. The van der Waals surface area contributed by atoms with Crippen LogP contribution in [0.1, 0.15) is 25.7 Å². The van der Waals surface area contributed by atoms with Gasteiger partial charge in [-0.15, -0.1) is 0 Å². The van der Waals surface area contributed by atoms with Gasteiger partial charge < -0.3 is 5.11 Å². The number of hydrogen-bond donors (Lipinski definition) is 1. The topological polar surface area (TPSA) is 23.5 Å². The standard InChI is InChI=1S/C10H17F2NO/c11-10(12)4-5-13(7-10)6-8-2-1-3-9(8)14/h8-9,14H,1-7H2. The predicted octanol–water partition coefficient (Wildman–Crippen LogP) is 1.49. The summed E-state index contributed by atoms with van der Waals surface area (Å²) in [6.07, 6.45) is 2.59. The lowest BCUT2D eigenvalue weighted by Gasteiger charge is -2.22. The molecule has 0 aromatic carbocycles. The van der Waals surface area contributed by atoms with Crippen molar-refractivity contribution < 1.29 is 13.9 Å². The molecule has 2 fully saturated rings. The zero-order chi connectivity index (χ0) is 10.2. The summed E-state index contributed by atoms with van der Waals surface area (Å²) < 4.78 is 25.7.